The number of rotatable bonds is 15. The number of nitriles is 1. The lowest BCUT2D eigenvalue weighted by molar-refractivity contribution is 0.0697. The lowest BCUT2D eigenvalue weighted by Gasteiger charge is -2.25. The van der Waals surface area contributed by atoms with Gasteiger partial charge in [0.15, 0.2) is 5.00 Å². The lowest BCUT2D eigenvalue weighted by atomic mass is 10.1. The summed E-state index contributed by atoms with van der Waals surface area (Å²) in [7, 11) is 0. The predicted octanol–water partition coefficient (Wildman–Crippen LogP) is 3.56. The Kier molecular flexibility index (Phi) is 11.6. The summed E-state index contributed by atoms with van der Waals surface area (Å²) in [4.78, 5) is 14.0. The van der Waals surface area contributed by atoms with Gasteiger partial charge in [0.1, 0.15) is 16.5 Å². The van der Waals surface area contributed by atoms with Gasteiger partial charge >= 0.3 is 5.97 Å². The fourth-order valence-corrected chi connectivity index (χ4v) is 4.13. The van der Waals surface area contributed by atoms with E-state index < -0.39 is 5.97 Å². The van der Waals surface area contributed by atoms with Crippen LogP contribution in [0.25, 0.3) is 0 Å². The van der Waals surface area contributed by atoms with Gasteiger partial charge in [-0.2, -0.15) is 5.26 Å². The molecule has 10 nitrogen and oxygen atoms in total. The first-order valence-corrected chi connectivity index (χ1v) is 11.7. The number of ether oxygens (including phenoxy) is 2. The van der Waals surface area contributed by atoms with E-state index in [-0.39, 0.29) is 30.4 Å². The molecular weight excluding hydrogens is 460 g/mol. The molecule has 0 aliphatic heterocycles. The van der Waals surface area contributed by atoms with E-state index >= 15 is 0 Å². The van der Waals surface area contributed by atoms with Gasteiger partial charge in [0.05, 0.1) is 38.7 Å². The first-order valence-electron chi connectivity index (χ1n) is 10.8. The van der Waals surface area contributed by atoms with Crippen LogP contribution in [0.15, 0.2) is 28.4 Å². The predicted molar refractivity (Wildman–Crippen MR) is 129 cm³/mol. The van der Waals surface area contributed by atoms with Crippen LogP contribution in [0, 0.1) is 25.2 Å². The molecule has 0 aliphatic carbocycles. The fraction of sp³-hybridized carbons (Fsp3) is 0.478. The number of aryl methyl sites for hydroxylation is 1. The number of carboxylic acid groups (broad SMARTS) is 1. The Hall–Kier alpha value is -2.88. The molecule has 184 valence electrons. The van der Waals surface area contributed by atoms with Crippen molar-refractivity contribution in [1.82, 2.24) is 0 Å². The highest BCUT2D eigenvalue weighted by Crippen LogP contribution is 2.36. The van der Waals surface area contributed by atoms with Gasteiger partial charge in [-0.05, 0) is 49.6 Å². The van der Waals surface area contributed by atoms with Gasteiger partial charge in [0.2, 0.25) is 0 Å². The minimum absolute atomic E-state index is 0.00274. The molecule has 0 bridgehead atoms. The molecule has 3 N–H and O–H groups in total. The molecule has 0 fully saturated rings. The number of nitrogens with zero attached hydrogens (tertiary/aromatic N) is 4. The van der Waals surface area contributed by atoms with E-state index in [1.165, 1.54) is 0 Å². The molecule has 2 aromatic rings. The molecular formula is C23H30N4O6S. The van der Waals surface area contributed by atoms with Crippen molar-refractivity contribution in [3.05, 3.63) is 39.8 Å². The van der Waals surface area contributed by atoms with E-state index in [1.807, 2.05) is 31.2 Å². The Morgan fingerprint density at radius 2 is 1.79 bits per heavy atom. The van der Waals surface area contributed by atoms with Crippen LogP contribution >= 0.6 is 11.3 Å². The Morgan fingerprint density at radius 1 is 1.09 bits per heavy atom. The molecule has 2 rings (SSSR count). The Morgan fingerprint density at radius 3 is 2.41 bits per heavy atom. The van der Waals surface area contributed by atoms with Crippen molar-refractivity contribution in [1.29, 1.82) is 5.26 Å². The summed E-state index contributed by atoms with van der Waals surface area (Å²) in [6.45, 7) is 6.33. The molecule has 0 unspecified atom stereocenters. The monoisotopic (exact) mass is 490 g/mol. The van der Waals surface area contributed by atoms with Gasteiger partial charge in [-0.3, -0.25) is 0 Å². The van der Waals surface area contributed by atoms with E-state index in [0.29, 0.717) is 49.0 Å². The molecule has 0 amide bonds. The van der Waals surface area contributed by atoms with E-state index in [0.717, 1.165) is 29.0 Å². The van der Waals surface area contributed by atoms with E-state index in [1.54, 1.807) is 6.92 Å². The number of azo groups is 1. The van der Waals surface area contributed by atoms with Gasteiger partial charge < -0.3 is 29.7 Å². The van der Waals surface area contributed by atoms with Crippen molar-refractivity contribution < 1.29 is 29.6 Å². The average molecular weight is 491 g/mol. The molecule has 0 saturated heterocycles. The first-order chi connectivity index (χ1) is 16.4. The number of aromatic carboxylic acids is 1. The summed E-state index contributed by atoms with van der Waals surface area (Å²) in [5.74, 6) is -1.14. The van der Waals surface area contributed by atoms with E-state index in [9.17, 15) is 15.2 Å². The summed E-state index contributed by atoms with van der Waals surface area (Å²) in [6, 6.07) is 7.67. The van der Waals surface area contributed by atoms with Gasteiger partial charge in [0.25, 0.3) is 0 Å². The number of hydrogen-bond acceptors (Lipinski definition) is 10. The summed E-state index contributed by atoms with van der Waals surface area (Å²) in [5.41, 5.74) is 2.79. The molecule has 0 saturated carbocycles. The number of anilines is 1. The van der Waals surface area contributed by atoms with Gasteiger partial charge in [-0.15, -0.1) is 21.6 Å². The summed E-state index contributed by atoms with van der Waals surface area (Å²) >= 11 is 1.01. The highest BCUT2D eigenvalue weighted by atomic mass is 32.1. The van der Waals surface area contributed by atoms with Crippen LogP contribution in [0.5, 0.6) is 0 Å². The minimum Gasteiger partial charge on any atom is -0.478 e. The van der Waals surface area contributed by atoms with Crippen molar-refractivity contribution in [2.45, 2.75) is 20.3 Å². The quantitative estimate of drug-likeness (QED) is 0.253. The van der Waals surface area contributed by atoms with Gasteiger partial charge in [-0.1, -0.05) is 0 Å². The first kappa shape index (κ1) is 27.4. The second-order valence-electron chi connectivity index (χ2n) is 7.34. The van der Waals surface area contributed by atoms with Crippen LogP contribution in [0.4, 0.5) is 16.4 Å². The van der Waals surface area contributed by atoms with Crippen LogP contribution < -0.4 is 4.90 Å². The van der Waals surface area contributed by atoms with E-state index in [4.69, 9.17) is 19.7 Å². The van der Waals surface area contributed by atoms with Crippen molar-refractivity contribution in [2.24, 2.45) is 10.2 Å². The molecule has 11 heteroatoms. The summed E-state index contributed by atoms with van der Waals surface area (Å²) in [6.07, 6.45) is 0.761. The maximum absolute atomic E-state index is 11.6. The standard InChI is InChI=1S/C23H30N4O6S/c1-16-14-18(27(7-11-33-13-9-29)6-3-10-32-12-8-28)4-5-19(16)25-26-22-21(23(30)31)17(2)20(15-24)34-22/h4-5,14,28-29H,3,6-13H2,1-2H3,(H,30,31)/b26-25+. The molecule has 34 heavy (non-hydrogen) atoms. The Bertz CT molecular complexity index is 1020. The molecule has 0 atom stereocenters. The van der Waals surface area contributed by atoms with Crippen molar-refractivity contribution in [2.75, 3.05) is 57.6 Å². The zero-order valence-electron chi connectivity index (χ0n) is 19.4. The highest BCUT2D eigenvalue weighted by molar-refractivity contribution is 7.16. The molecule has 1 aromatic carbocycles. The SMILES string of the molecule is Cc1cc(N(CCCOCCO)CCOCCO)ccc1/N=N/c1sc(C#N)c(C)c1C(=O)O. The maximum Gasteiger partial charge on any atom is 0.339 e. The van der Waals surface area contributed by atoms with Crippen LogP contribution in [-0.2, 0) is 9.47 Å². The van der Waals surface area contributed by atoms with Crippen LogP contribution in [0.3, 0.4) is 0 Å². The molecule has 1 aromatic heterocycles. The number of aliphatic hydroxyl groups excluding tert-OH is 2. The third-order valence-corrected chi connectivity index (χ3v) is 6.01. The van der Waals surface area contributed by atoms with Crippen molar-refractivity contribution in [3.8, 4) is 6.07 Å². The molecule has 0 spiro atoms. The van der Waals surface area contributed by atoms with Crippen LogP contribution in [-0.4, -0.2) is 74.0 Å². The third-order valence-electron chi connectivity index (χ3n) is 4.93. The number of hydrogen-bond donors (Lipinski definition) is 3. The normalized spacial score (nSPS) is 11.1. The highest BCUT2D eigenvalue weighted by Gasteiger charge is 2.20. The zero-order chi connectivity index (χ0) is 24.9. The second kappa shape index (κ2) is 14.4. The molecule has 1 heterocycles. The van der Waals surface area contributed by atoms with Gasteiger partial charge in [0, 0.05) is 25.4 Å². The number of thiophene rings is 1. The van der Waals surface area contributed by atoms with Crippen LogP contribution in [0.2, 0.25) is 0 Å². The van der Waals surface area contributed by atoms with Crippen molar-refractivity contribution >= 4 is 33.7 Å². The number of carbonyl (C=O) groups is 1. The smallest absolute Gasteiger partial charge is 0.339 e. The average Bonchev–Trinajstić information content (AvgIpc) is 3.14. The summed E-state index contributed by atoms with van der Waals surface area (Å²) < 4.78 is 10.8. The fourth-order valence-electron chi connectivity index (χ4n) is 3.21. The van der Waals surface area contributed by atoms with Crippen LogP contribution in [0.1, 0.15) is 32.8 Å². The largest absolute Gasteiger partial charge is 0.478 e. The molecule has 0 aliphatic rings. The van der Waals surface area contributed by atoms with E-state index in [2.05, 4.69) is 15.1 Å². The third kappa shape index (κ3) is 7.86. The molecule has 0 radical (unpaired) electrons. The Labute approximate surface area is 202 Å². The number of aliphatic hydroxyl groups is 2. The van der Waals surface area contributed by atoms with Gasteiger partial charge in [-0.25, -0.2) is 4.79 Å². The van der Waals surface area contributed by atoms with Crippen molar-refractivity contribution in [3.63, 3.8) is 0 Å². The maximum atomic E-state index is 11.6. The number of benzene rings is 1. The second-order valence-corrected chi connectivity index (χ2v) is 8.34. The summed E-state index contributed by atoms with van der Waals surface area (Å²) in [5, 5.41) is 45.0. The number of carboxylic acids is 1. The topological polar surface area (TPSA) is 148 Å². The minimum atomic E-state index is -1.14. The lowest BCUT2D eigenvalue weighted by Crippen LogP contribution is -2.29. The zero-order valence-corrected chi connectivity index (χ0v) is 20.2. The Balaban J connectivity index is 2.18.